The predicted octanol–water partition coefficient (Wildman–Crippen LogP) is 0.0960. The molecule has 0 fully saturated rings. The molecular weight excluding hydrogens is 378 g/mol. The molecule has 0 aliphatic carbocycles. The maximum absolute atomic E-state index is 12.4. The molecule has 29 heavy (non-hydrogen) atoms. The predicted molar refractivity (Wildman–Crippen MR) is 106 cm³/mol. The normalized spacial score (nSPS) is 12.4. The number of Topliss-reactive ketones (excluding diaryl/α,β-unsaturated/α-hetero) is 1. The van der Waals surface area contributed by atoms with Gasteiger partial charge in [0.25, 0.3) is 5.56 Å². The van der Waals surface area contributed by atoms with Crippen molar-refractivity contribution in [1.82, 2.24) is 24.0 Å². The van der Waals surface area contributed by atoms with Crippen molar-refractivity contribution in [3.8, 4) is 11.5 Å². The second-order valence-electron chi connectivity index (χ2n) is 7.05. The number of rotatable bonds is 7. The van der Waals surface area contributed by atoms with Crippen molar-refractivity contribution in [2.24, 2.45) is 14.1 Å². The maximum Gasteiger partial charge on any atom is 0.332 e. The van der Waals surface area contributed by atoms with Crippen LogP contribution in [0.4, 0.5) is 0 Å². The molecule has 154 valence electrons. The number of carbonyl (C=O) groups is 1. The summed E-state index contributed by atoms with van der Waals surface area (Å²) in [6.45, 7) is 2.41. The number of aryl methyl sites for hydroxylation is 2. The lowest BCUT2D eigenvalue weighted by Gasteiger charge is -2.14. The number of phenolic OH excluding ortho intramolecular Hbond substituents is 2. The first kappa shape index (κ1) is 20.3. The van der Waals surface area contributed by atoms with Gasteiger partial charge in [0.15, 0.2) is 16.9 Å². The van der Waals surface area contributed by atoms with E-state index in [-0.39, 0.29) is 35.4 Å². The molecule has 3 aromatic rings. The molecule has 3 N–H and O–H groups in total. The summed E-state index contributed by atoms with van der Waals surface area (Å²) >= 11 is 0. The van der Waals surface area contributed by atoms with Gasteiger partial charge in [-0.05, 0) is 25.5 Å². The minimum absolute atomic E-state index is 0.0327. The molecule has 0 radical (unpaired) electrons. The summed E-state index contributed by atoms with van der Waals surface area (Å²) in [5.74, 6) is -0.617. The molecule has 1 unspecified atom stereocenters. The fraction of sp³-hybridized carbons (Fsp3) is 0.368. The van der Waals surface area contributed by atoms with Crippen molar-refractivity contribution < 1.29 is 15.0 Å². The summed E-state index contributed by atoms with van der Waals surface area (Å²) in [6, 6.07) is 3.69. The number of nitrogens with one attached hydrogen (secondary N) is 1. The Morgan fingerprint density at radius 3 is 2.45 bits per heavy atom. The van der Waals surface area contributed by atoms with Gasteiger partial charge in [-0.2, -0.15) is 0 Å². The highest BCUT2D eigenvalue weighted by Crippen LogP contribution is 2.20. The zero-order valence-electron chi connectivity index (χ0n) is 16.4. The van der Waals surface area contributed by atoms with Crippen molar-refractivity contribution in [1.29, 1.82) is 0 Å². The topological polar surface area (TPSA) is 131 Å². The lowest BCUT2D eigenvalue weighted by molar-refractivity contribution is 0.0986. The number of phenols is 2. The van der Waals surface area contributed by atoms with Crippen molar-refractivity contribution in [3.05, 3.63) is 50.9 Å². The van der Waals surface area contributed by atoms with Crippen LogP contribution in [-0.4, -0.2) is 47.3 Å². The Labute approximate surface area is 165 Å². The van der Waals surface area contributed by atoms with E-state index in [9.17, 15) is 24.6 Å². The van der Waals surface area contributed by atoms with Gasteiger partial charge in [0, 0.05) is 38.3 Å². The van der Waals surface area contributed by atoms with E-state index in [0.717, 1.165) is 10.6 Å². The van der Waals surface area contributed by atoms with E-state index in [4.69, 9.17) is 0 Å². The highest BCUT2D eigenvalue weighted by atomic mass is 16.3. The number of imidazole rings is 1. The summed E-state index contributed by atoms with van der Waals surface area (Å²) < 4.78 is 4.08. The molecule has 0 saturated heterocycles. The average molecular weight is 401 g/mol. The second-order valence-corrected chi connectivity index (χ2v) is 7.05. The molecule has 0 aliphatic heterocycles. The van der Waals surface area contributed by atoms with Crippen molar-refractivity contribution >= 4 is 16.9 Å². The first-order chi connectivity index (χ1) is 13.7. The number of benzene rings is 1. The number of hydrogen-bond donors (Lipinski definition) is 3. The SMILES string of the molecule is CC(CCn1cnc2c1c(=O)n(C)c(=O)n2C)NCC(=O)c1cc(O)cc(O)c1. The molecule has 10 heteroatoms. The lowest BCUT2D eigenvalue weighted by atomic mass is 10.1. The smallest absolute Gasteiger partial charge is 0.332 e. The van der Waals surface area contributed by atoms with Crippen LogP contribution < -0.4 is 16.6 Å². The molecular formula is C19H23N5O5. The monoisotopic (exact) mass is 401 g/mol. The minimum Gasteiger partial charge on any atom is -0.508 e. The van der Waals surface area contributed by atoms with Gasteiger partial charge in [0.2, 0.25) is 0 Å². The van der Waals surface area contributed by atoms with E-state index in [1.54, 1.807) is 11.6 Å². The number of carbonyl (C=O) groups excluding carboxylic acids is 1. The summed E-state index contributed by atoms with van der Waals surface area (Å²) in [5.41, 5.74) is 0.0669. The van der Waals surface area contributed by atoms with Crippen LogP contribution in [0.25, 0.3) is 11.2 Å². The fourth-order valence-electron chi connectivity index (χ4n) is 3.13. The van der Waals surface area contributed by atoms with Crippen LogP contribution in [-0.2, 0) is 20.6 Å². The quantitative estimate of drug-likeness (QED) is 0.478. The van der Waals surface area contributed by atoms with Crippen LogP contribution in [0.2, 0.25) is 0 Å². The van der Waals surface area contributed by atoms with Gasteiger partial charge in [-0.25, -0.2) is 9.78 Å². The van der Waals surface area contributed by atoms with E-state index in [1.807, 2.05) is 6.92 Å². The molecule has 2 heterocycles. The summed E-state index contributed by atoms with van der Waals surface area (Å²) in [4.78, 5) is 40.8. The Morgan fingerprint density at radius 2 is 1.79 bits per heavy atom. The van der Waals surface area contributed by atoms with E-state index < -0.39 is 11.2 Å². The third-order valence-electron chi connectivity index (χ3n) is 4.86. The second kappa shape index (κ2) is 7.92. The van der Waals surface area contributed by atoms with Gasteiger partial charge in [-0.1, -0.05) is 0 Å². The summed E-state index contributed by atoms with van der Waals surface area (Å²) in [5, 5.41) is 22.1. The Balaban J connectivity index is 1.65. The minimum atomic E-state index is -0.431. The molecule has 0 bridgehead atoms. The van der Waals surface area contributed by atoms with Gasteiger partial charge < -0.3 is 20.1 Å². The highest BCUT2D eigenvalue weighted by Gasteiger charge is 2.15. The Bertz CT molecular complexity index is 1170. The molecule has 2 aromatic heterocycles. The number of nitrogens with zero attached hydrogens (tertiary/aromatic N) is 4. The van der Waals surface area contributed by atoms with Gasteiger partial charge in [-0.15, -0.1) is 0 Å². The van der Waals surface area contributed by atoms with E-state index in [0.29, 0.717) is 24.1 Å². The van der Waals surface area contributed by atoms with Gasteiger partial charge in [-0.3, -0.25) is 18.7 Å². The van der Waals surface area contributed by atoms with Crippen LogP contribution in [0, 0.1) is 0 Å². The standard InChI is InChI=1S/C19H23N5O5/c1-11(20-9-15(27)12-6-13(25)8-14(26)7-12)4-5-24-10-21-17-16(24)18(28)23(3)19(29)22(17)2/h6-8,10-11,20,25-26H,4-5,9H2,1-3H3. The van der Waals surface area contributed by atoms with Crippen LogP contribution >= 0.6 is 0 Å². The molecule has 0 amide bonds. The molecule has 0 saturated carbocycles. The largest absolute Gasteiger partial charge is 0.508 e. The average Bonchev–Trinajstić information content (AvgIpc) is 3.10. The molecule has 0 aliphatic rings. The molecule has 1 aromatic carbocycles. The van der Waals surface area contributed by atoms with Crippen LogP contribution in [0.3, 0.4) is 0 Å². The van der Waals surface area contributed by atoms with Crippen LogP contribution in [0.1, 0.15) is 23.7 Å². The third-order valence-corrected chi connectivity index (χ3v) is 4.86. The number of hydrogen-bond acceptors (Lipinski definition) is 7. The summed E-state index contributed by atoms with van der Waals surface area (Å²) in [7, 11) is 2.99. The fourth-order valence-corrected chi connectivity index (χ4v) is 3.13. The first-order valence-corrected chi connectivity index (χ1v) is 9.09. The van der Waals surface area contributed by atoms with Gasteiger partial charge >= 0.3 is 5.69 Å². The van der Waals surface area contributed by atoms with E-state index in [1.165, 1.54) is 30.1 Å². The number of fused-ring (bicyclic) bond motifs is 1. The van der Waals surface area contributed by atoms with Crippen molar-refractivity contribution in [2.75, 3.05) is 6.54 Å². The summed E-state index contributed by atoms with van der Waals surface area (Å²) in [6.07, 6.45) is 2.13. The number of aromatic hydroxyl groups is 2. The number of ketones is 1. The van der Waals surface area contributed by atoms with Crippen LogP contribution in [0.15, 0.2) is 34.1 Å². The van der Waals surface area contributed by atoms with E-state index >= 15 is 0 Å². The molecule has 10 nitrogen and oxygen atoms in total. The third kappa shape index (κ3) is 4.06. The Morgan fingerprint density at radius 1 is 1.14 bits per heavy atom. The van der Waals surface area contributed by atoms with E-state index in [2.05, 4.69) is 10.3 Å². The Hall–Kier alpha value is -3.40. The molecule has 3 rings (SSSR count). The molecule has 1 atom stereocenters. The number of aromatic nitrogens is 4. The lowest BCUT2D eigenvalue weighted by Crippen LogP contribution is -2.37. The maximum atomic E-state index is 12.4. The van der Waals surface area contributed by atoms with Gasteiger partial charge in [0.1, 0.15) is 11.5 Å². The zero-order valence-corrected chi connectivity index (χ0v) is 16.4. The highest BCUT2D eigenvalue weighted by molar-refractivity contribution is 5.98. The first-order valence-electron chi connectivity index (χ1n) is 9.09. The van der Waals surface area contributed by atoms with Crippen molar-refractivity contribution in [3.63, 3.8) is 0 Å². The van der Waals surface area contributed by atoms with Gasteiger partial charge in [0.05, 0.1) is 12.9 Å². The molecule has 0 spiro atoms. The van der Waals surface area contributed by atoms with Crippen LogP contribution in [0.5, 0.6) is 11.5 Å². The zero-order chi connectivity index (χ0) is 21.3. The Kier molecular flexibility index (Phi) is 5.55. The van der Waals surface area contributed by atoms with Crippen molar-refractivity contribution in [2.45, 2.75) is 25.9 Å².